The predicted octanol–water partition coefficient (Wildman–Crippen LogP) is 3.11. The van der Waals surface area contributed by atoms with Gasteiger partial charge in [-0.1, -0.05) is 51.4 Å². The number of nitrogens with one attached hydrogen (secondary N) is 3. The molecule has 1 aromatic carbocycles. The van der Waals surface area contributed by atoms with E-state index >= 15 is 0 Å². The minimum absolute atomic E-state index is 0.0200. The monoisotopic (exact) mass is 339 g/mol. The van der Waals surface area contributed by atoms with E-state index in [9.17, 15) is 9.59 Å². The molecule has 5 nitrogen and oxygen atoms in total. The van der Waals surface area contributed by atoms with Crippen LogP contribution in [0, 0.1) is 11.8 Å². The summed E-state index contributed by atoms with van der Waals surface area (Å²) in [5.41, 5.74) is 1.01. The Kier molecular flexibility index (Phi) is 7.89. The van der Waals surface area contributed by atoms with Gasteiger partial charge in [0.05, 0.1) is 6.04 Å². The summed E-state index contributed by atoms with van der Waals surface area (Å²) in [6, 6.07) is 7.10. The molecule has 1 unspecified atom stereocenters. The second-order valence-electron chi connectivity index (χ2n) is 6.12. The van der Waals surface area contributed by atoms with Crippen LogP contribution in [0.2, 0.25) is 5.02 Å². The first-order valence-corrected chi connectivity index (χ1v) is 8.26. The van der Waals surface area contributed by atoms with Crippen molar-refractivity contribution in [3.63, 3.8) is 0 Å². The summed E-state index contributed by atoms with van der Waals surface area (Å²) < 4.78 is 0. The molecule has 1 aromatic rings. The Balaban J connectivity index is 2.46. The molecule has 1 rings (SSSR count). The van der Waals surface area contributed by atoms with Crippen molar-refractivity contribution in [1.29, 1.82) is 0 Å². The second-order valence-corrected chi connectivity index (χ2v) is 6.56. The van der Waals surface area contributed by atoms with E-state index < -0.39 is 0 Å². The van der Waals surface area contributed by atoms with E-state index in [-0.39, 0.29) is 29.8 Å². The molecule has 3 amide bonds. The van der Waals surface area contributed by atoms with Crippen LogP contribution in [0.3, 0.4) is 0 Å². The van der Waals surface area contributed by atoms with Crippen molar-refractivity contribution in [1.82, 2.24) is 16.0 Å². The lowest BCUT2D eigenvalue weighted by atomic mass is 9.96. The van der Waals surface area contributed by atoms with Gasteiger partial charge in [0.25, 0.3) is 0 Å². The fraction of sp³-hybridized carbons (Fsp3) is 0.529. The topological polar surface area (TPSA) is 70.2 Å². The highest BCUT2D eigenvalue weighted by Gasteiger charge is 2.18. The van der Waals surface area contributed by atoms with Gasteiger partial charge in [-0.25, -0.2) is 4.79 Å². The molecule has 0 aliphatic heterocycles. The Hall–Kier alpha value is -1.75. The number of carbonyl (C=O) groups excluding carboxylic acids is 2. The van der Waals surface area contributed by atoms with E-state index in [1.165, 1.54) is 0 Å². The summed E-state index contributed by atoms with van der Waals surface area (Å²) in [4.78, 5) is 23.4. The Labute approximate surface area is 143 Å². The van der Waals surface area contributed by atoms with E-state index in [4.69, 9.17) is 11.6 Å². The Morgan fingerprint density at radius 1 is 1.00 bits per heavy atom. The van der Waals surface area contributed by atoms with Crippen molar-refractivity contribution in [2.45, 2.75) is 33.7 Å². The van der Waals surface area contributed by atoms with Crippen LogP contribution in [0.25, 0.3) is 0 Å². The highest BCUT2D eigenvalue weighted by atomic mass is 35.5. The van der Waals surface area contributed by atoms with Gasteiger partial charge in [0.2, 0.25) is 5.91 Å². The van der Waals surface area contributed by atoms with Gasteiger partial charge in [-0.3, -0.25) is 4.79 Å². The van der Waals surface area contributed by atoms with Crippen LogP contribution in [0.4, 0.5) is 4.79 Å². The number of carbonyl (C=O) groups is 2. The molecule has 0 aromatic heterocycles. The van der Waals surface area contributed by atoms with Crippen LogP contribution >= 0.6 is 11.6 Å². The molecule has 0 spiro atoms. The predicted molar refractivity (Wildman–Crippen MR) is 93.4 cm³/mol. The molecule has 1 atom stereocenters. The number of amides is 3. The van der Waals surface area contributed by atoms with Crippen LogP contribution in [-0.2, 0) is 4.79 Å². The second kappa shape index (κ2) is 9.40. The molecule has 0 fully saturated rings. The summed E-state index contributed by atoms with van der Waals surface area (Å²) >= 11 is 5.90. The van der Waals surface area contributed by atoms with Crippen LogP contribution < -0.4 is 16.0 Å². The molecule has 0 radical (unpaired) electrons. The number of urea groups is 1. The van der Waals surface area contributed by atoms with Gasteiger partial charge >= 0.3 is 6.03 Å². The first-order chi connectivity index (χ1) is 10.8. The third kappa shape index (κ3) is 6.91. The fourth-order valence-corrected chi connectivity index (χ4v) is 2.19. The van der Waals surface area contributed by atoms with Gasteiger partial charge in [0.15, 0.2) is 0 Å². The highest BCUT2D eigenvalue weighted by molar-refractivity contribution is 6.30. The van der Waals surface area contributed by atoms with Crippen molar-refractivity contribution in [2.24, 2.45) is 11.8 Å². The minimum Gasteiger partial charge on any atom is -0.354 e. The summed E-state index contributed by atoms with van der Waals surface area (Å²) in [5, 5.41) is 9.13. The Bertz CT molecular complexity index is 515. The lowest BCUT2D eigenvalue weighted by molar-refractivity contribution is -0.123. The number of hydrogen-bond donors (Lipinski definition) is 3. The number of benzene rings is 1. The molecule has 6 heteroatoms. The minimum atomic E-state index is -0.252. The Morgan fingerprint density at radius 3 is 2.09 bits per heavy atom. The smallest absolute Gasteiger partial charge is 0.315 e. The van der Waals surface area contributed by atoms with E-state index in [1.54, 1.807) is 0 Å². The number of halogens is 1. The maximum Gasteiger partial charge on any atom is 0.315 e. The van der Waals surface area contributed by atoms with Gasteiger partial charge in [-0.05, 0) is 23.6 Å². The maximum absolute atomic E-state index is 12.0. The maximum atomic E-state index is 12.0. The van der Waals surface area contributed by atoms with Gasteiger partial charge in [0.1, 0.15) is 0 Å². The van der Waals surface area contributed by atoms with Crippen LogP contribution in [0.1, 0.15) is 39.3 Å². The van der Waals surface area contributed by atoms with E-state index in [2.05, 4.69) is 16.0 Å². The van der Waals surface area contributed by atoms with Crippen molar-refractivity contribution < 1.29 is 9.59 Å². The fourth-order valence-electron chi connectivity index (χ4n) is 2.06. The molecular weight excluding hydrogens is 314 g/mol. The molecule has 3 N–H and O–H groups in total. The Morgan fingerprint density at radius 2 is 1.57 bits per heavy atom. The molecule has 0 saturated carbocycles. The number of hydrogen-bond acceptors (Lipinski definition) is 2. The largest absolute Gasteiger partial charge is 0.354 e. The standard InChI is InChI=1S/C17H26ClN3O2/c1-11(2)15(13-5-7-14(18)8-6-13)21-17(23)20-10-9-19-16(22)12(3)4/h5-8,11-12,15H,9-10H2,1-4H3,(H,19,22)(H2,20,21,23). The van der Waals surface area contributed by atoms with E-state index in [1.807, 2.05) is 52.0 Å². The summed E-state index contributed by atoms with van der Waals surface area (Å²) in [7, 11) is 0. The molecule has 0 heterocycles. The third-order valence-electron chi connectivity index (χ3n) is 3.42. The zero-order chi connectivity index (χ0) is 17.4. The van der Waals surface area contributed by atoms with Gasteiger partial charge in [-0.2, -0.15) is 0 Å². The SMILES string of the molecule is CC(C)C(=O)NCCNC(=O)NC(c1ccc(Cl)cc1)C(C)C. The normalized spacial score (nSPS) is 12.1. The molecule has 23 heavy (non-hydrogen) atoms. The molecule has 128 valence electrons. The van der Waals surface area contributed by atoms with Crippen molar-refractivity contribution in [3.05, 3.63) is 34.9 Å². The first kappa shape index (κ1) is 19.3. The van der Waals surface area contributed by atoms with Crippen LogP contribution in [-0.4, -0.2) is 25.0 Å². The lowest BCUT2D eigenvalue weighted by Gasteiger charge is -2.23. The van der Waals surface area contributed by atoms with E-state index in [0.29, 0.717) is 18.1 Å². The first-order valence-electron chi connectivity index (χ1n) is 7.88. The molecule has 0 aliphatic carbocycles. The lowest BCUT2D eigenvalue weighted by Crippen LogP contribution is -2.43. The van der Waals surface area contributed by atoms with Gasteiger partial charge in [-0.15, -0.1) is 0 Å². The molecule has 0 aliphatic rings. The molecule has 0 bridgehead atoms. The van der Waals surface area contributed by atoms with Crippen molar-refractivity contribution in [2.75, 3.05) is 13.1 Å². The quantitative estimate of drug-likeness (QED) is 0.668. The number of rotatable bonds is 7. The highest BCUT2D eigenvalue weighted by Crippen LogP contribution is 2.23. The third-order valence-corrected chi connectivity index (χ3v) is 3.67. The van der Waals surface area contributed by atoms with Gasteiger partial charge < -0.3 is 16.0 Å². The summed E-state index contributed by atoms with van der Waals surface area (Å²) in [6.45, 7) is 8.54. The zero-order valence-electron chi connectivity index (χ0n) is 14.2. The molecule has 0 saturated heterocycles. The summed E-state index contributed by atoms with van der Waals surface area (Å²) in [5.74, 6) is 0.162. The zero-order valence-corrected chi connectivity index (χ0v) is 14.9. The molecular formula is C17H26ClN3O2. The van der Waals surface area contributed by atoms with E-state index in [0.717, 1.165) is 5.56 Å². The van der Waals surface area contributed by atoms with Crippen LogP contribution in [0.15, 0.2) is 24.3 Å². The van der Waals surface area contributed by atoms with Crippen LogP contribution in [0.5, 0.6) is 0 Å². The average Bonchev–Trinajstić information content (AvgIpc) is 2.49. The summed E-state index contributed by atoms with van der Waals surface area (Å²) in [6.07, 6.45) is 0. The van der Waals surface area contributed by atoms with Crippen molar-refractivity contribution in [3.8, 4) is 0 Å². The average molecular weight is 340 g/mol. The van der Waals surface area contributed by atoms with Crippen molar-refractivity contribution >= 4 is 23.5 Å². The van der Waals surface area contributed by atoms with Gasteiger partial charge in [0, 0.05) is 24.0 Å².